The van der Waals surface area contributed by atoms with E-state index in [-0.39, 0.29) is 6.10 Å². The first-order valence-corrected chi connectivity index (χ1v) is 4.24. The Kier molecular flexibility index (Phi) is 3.55. The molecule has 12 heavy (non-hydrogen) atoms. The zero-order valence-corrected chi connectivity index (χ0v) is 7.27. The number of hydrogen-bond acceptors (Lipinski definition) is 1. The lowest BCUT2D eigenvalue weighted by molar-refractivity contribution is 0.220. The Morgan fingerprint density at radius 2 is 2.00 bits per heavy atom. The number of aliphatic hydroxyl groups excluding tert-OH is 1. The maximum Gasteiger partial charge on any atom is 0.0721 e. The lowest BCUT2D eigenvalue weighted by atomic mass is 10.2. The molecule has 1 nitrogen and oxygen atoms in total. The largest absolute Gasteiger partial charge is 0.389 e. The van der Waals surface area contributed by atoms with Gasteiger partial charge in [0.15, 0.2) is 0 Å². The van der Waals surface area contributed by atoms with Crippen molar-refractivity contribution in [3.63, 3.8) is 0 Å². The topological polar surface area (TPSA) is 20.2 Å². The van der Waals surface area contributed by atoms with Gasteiger partial charge in [-0.2, -0.15) is 0 Å². The Bertz CT molecular complexity index is 238. The maximum atomic E-state index is 9.23. The molecule has 1 rings (SSSR count). The number of aliphatic hydroxyl groups is 1. The molecular formula is C11H14O. The van der Waals surface area contributed by atoms with Crippen molar-refractivity contribution in [2.24, 2.45) is 0 Å². The van der Waals surface area contributed by atoms with Crippen LogP contribution in [0.1, 0.15) is 18.9 Å². The molecule has 0 heterocycles. The van der Waals surface area contributed by atoms with Crippen LogP contribution in [0, 0.1) is 0 Å². The third kappa shape index (κ3) is 2.89. The van der Waals surface area contributed by atoms with E-state index >= 15 is 0 Å². The Morgan fingerprint density at radius 3 is 2.58 bits per heavy atom. The standard InChI is InChI=1S/C11H14O/c1-2-11(12)9-8-10-6-4-3-5-7-10/h3-9,11-12H,2H2,1H3/b9-8-/t11-/m1/s1. The zero-order chi connectivity index (χ0) is 8.81. The van der Waals surface area contributed by atoms with E-state index in [0.717, 1.165) is 12.0 Å². The van der Waals surface area contributed by atoms with Gasteiger partial charge in [-0.15, -0.1) is 0 Å². The van der Waals surface area contributed by atoms with E-state index in [1.807, 2.05) is 49.4 Å². The lowest BCUT2D eigenvalue weighted by Crippen LogP contribution is -1.97. The monoisotopic (exact) mass is 162 g/mol. The molecule has 0 aromatic heterocycles. The van der Waals surface area contributed by atoms with Crippen molar-refractivity contribution >= 4 is 6.08 Å². The van der Waals surface area contributed by atoms with E-state index in [9.17, 15) is 5.11 Å². The van der Waals surface area contributed by atoms with Gasteiger partial charge in [0.25, 0.3) is 0 Å². The van der Waals surface area contributed by atoms with Gasteiger partial charge in [0.2, 0.25) is 0 Å². The van der Waals surface area contributed by atoms with Gasteiger partial charge in [0, 0.05) is 0 Å². The minimum Gasteiger partial charge on any atom is -0.389 e. The van der Waals surface area contributed by atoms with Gasteiger partial charge in [-0.3, -0.25) is 0 Å². The van der Waals surface area contributed by atoms with Gasteiger partial charge in [-0.1, -0.05) is 49.4 Å². The van der Waals surface area contributed by atoms with Gasteiger partial charge in [0.1, 0.15) is 0 Å². The van der Waals surface area contributed by atoms with E-state index in [1.54, 1.807) is 0 Å². The smallest absolute Gasteiger partial charge is 0.0721 e. The van der Waals surface area contributed by atoms with Crippen molar-refractivity contribution in [2.45, 2.75) is 19.4 Å². The second-order valence-corrected chi connectivity index (χ2v) is 2.75. The first-order chi connectivity index (χ1) is 5.83. The molecule has 0 aliphatic heterocycles. The first-order valence-electron chi connectivity index (χ1n) is 4.24. The highest BCUT2D eigenvalue weighted by atomic mass is 16.3. The van der Waals surface area contributed by atoms with Crippen molar-refractivity contribution in [1.29, 1.82) is 0 Å². The van der Waals surface area contributed by atoms with E-state index in [4.69, 9.17) is 0 Å². The van der Waals surface area contributed by atoms with E-state index < -0.39 is 0 Å². The van der Waals surface area contributed by atoms with Gasteiger partial charge < -0.3 is 5.11 Å². The molecule has 0 amide bonds. The molecule has 0 saturated heterocycles. The van der Waals surface area contributed by atoms with Crippen molar-refractivity contribution < 1.29 is 5.11 Å². The SMILES string of the molecule is CC[C@@H](O)/C=C\c1ccccc1. The molecule has 0 aliphatic rings. The summed E-state index contributed by atoms with van der Waals surface area (Å²) in [5.74, 6) is 0. The summed E-state index contributed by atoms with van der Waals surface area (Å²) in [6.07, 6.45) is 4.21. The molecule has 0 bridgehead atoms. The molecule has 1 aromatic carbocycles. The lowest BCUT2D eigenvalue weighted by Gasteiger charge is -1.98. The van der Waals surface area contributed by atoms with Gasteiger partial charge in [-0.05, 0) is 12.0 Å². The Balaban J connectivity index is 2.58. The van der Waals surface area contributed by atoms with Crippen LogP contribution in [0.4, 0.5) is 0 Å². The van der Waals surface area contributed by atoms with Gasteiger partial charge >= 0.3 is 0 Å². The molecule has 0 radical (unpaired) electrons. The van der Waals surface area contributed by atoms with Crippen molar-refractivity contribution in [2.75, 3.05) is 0 Å². The summed E-state index contributed by atoms with van der Waals surface area (Å²) >= 11 is 0. The van der Waals surface area contributed by atoms with Crippen molar-refractivity contribution in [3.8, 4) is 0 Å². The van der Waals surface area contributed by atoms with E-state index in [1.165, 1.54) is 0 Å². The quantitative estimate of drug-likeness (QED) is 0.724. The molecular weight excluding hydrogens is 148 g/mol. The summed E-state index contributed by atoms with van der Waals surface area (Å²) in [7, 11) is 0. The molecule has 1 N–H and O–H groups in total. The van der Waals surface area contributed by atoms with E-state index in [0.29, 0.717) is 0 Å². The molecule has 0 saturated carbocycles. The predicted molar refractivity (Wildman–Crippen MR) is 51.8 cm³/mol. The highest BCUT2D eigenvalue weighted by Gasteiger charge is 1.91. The van der Waals surface area contributed by atoms with Crippen LogP contribution in [-0.2, 0) is 0 Å². The zero-order valence-electron chi connectivity index (χ0n) is 7.27. The fourth-order valence-corrected chi connectivity index (χ4v) is 0.922. The third-order valence-electron chi connectivity index (χ3n) is 1.73. The van der Waals surface area contributed by atoms with Crippen LogP contribution >= 0.6 is 0 Å². The van der Waals surface area contributed by atoms with Crippen molar-refractivity contribution in [1.82, 2.24) is 0 Å². The minimum atomic E-state index is -0.315. The summed E-state index contributed by atoms with van der Waals surface area (Å²) in [5.41, 5.74) is 1.13. The fourth-order valence-electron chi connectivity index (χ4n) is 0.922. The maximum absolute atomic E-state index is 9.23. The van der Waals surface area contributed by atoms with Crippen LogP contribution < -0.4 is 0 Å². The summed E-state index contributed by atoms with van der Waals surface area (Å²) in [4.78, 5) is 0. The van der Waals surface area contributed by atoms with Crippen LogP contribution in [0.25, 0.3) is 6.08 Å². The Morgan fingerprint density at radius 1 is 1.33 bits per heavy atom. The average Bonchev–Trinajstić information content (AvgIpc) is 2.16. The predicted octanol–water partition coefficient (Wildman–Crippen LogP) is 2.47. The molecule has 1 atom stereocenters. The Labute approximate surface area is 73.4 Å². The summed E-state index contributed by atoms with van der Waals surface area (Å²) in [6, 6.07) is 9.97. The normalized spacial score (nSPS) is 13.5. The summed E-state index contributed by atoms with van der Waals surface area (Å²) < 4.78 is 0. The van der Waals surface area contributed by atoms with Gasteiger partial charge in [-0.25, -0.2) is 0 Å². The number of hydrogen-bond donors (Lipinski definition) is 1. The molecule has 0 spiro atoms. The molecule has 64 valence electrons. The summed E-state index contributed by atoms with van der Waals surface area (Å²) in [5, 5.41) is 9.23. The van der Waals surface area contributed by atoms with Crippen LogP contribution in [0.3, 0.4) is 0 Å². The molecule has 1 heteroatoms. The average molecular weight is 162 g/mol. The summed E-state index contributed by atoms with van der Waals surface area (Å²) in [6.45, 7) is 1.96. The van der Waals surface area contributed by atoms with Gasteiger partial charge in [0.05, 0.1) is 6.10 Å². The second-order valence-electron chi connectivity index (χ2n) is 2.75. The third-order valence-corrected chi connectivity index (χ3v) is 1.73. The van der Waals surface area contributed by atoms with Crippen LogP contribution in [0.5, 0.6) is 0 Å². The van der Waals surface area contributed by atoms with Crippen LogP contribution in [0.2, 0.25) is 0 Å². The molecule has 0 unspecified atom stereocenters. The van der Waals surface area contributed by atoms with Crippen LogP contribution in [0.15, 0.2) is 36.4 Å². The van der Waals surface area contributed by atoms with E-state index in [2.05, 4.69) is 0 Å². The highest BCUT2D eigenvalue weighted by Crippen LogP contribution is 2.02. The second kappa shape index (κ2) is 4.73. The Hall–Kier alpha value is -1.08. The first kappa shape index (κ1) is 9.01. The van der Waals surface area contributed by atoms with Crippen LogP contribution in [-0.4, -0.2) is 11.2 Å². The number of benzene rings is 1. The molecule has 0 aliphatic carbocycles. The fraction of sp³-hybridized carbons (Fsp3) is 0.273. The number of rotatable bonds is 3. The molecule has 1 aromatic rings. The minimum absolute atomic E-state index is 0.315. The molecule has 0 fully saturated rings. The van der Waals surface area contributed by atoms with Crippen molar-refractivity contribution in [3.05, 3.63) is 42.0 Å². The highest BCUT2D eigenvalue weighted by molar-refractivity contribution is 5.49.